The van der Waals surface area contributed by atoms with Gasteiger partial charge in [-0.1, -0.05) is 161 Å². The fourth-order valence-corrected chi connectivity index (χ4v) is 11.7. The second-order valence-electron chi connectivity index (χ2n) is 15.1. The lowest BCUT2D eigenvalue weighted by Gasteiger charge is -2.42. The summed E-state index contributed by atoms with van der Waals surface area (Å²) >= 11 is 2.25. The van der Waals surface area contributed by atoms with Crippen molar-refractivity contribution in [1.82, 2.24) is 0 Å². The van der Waals surface area contributed by atoms with Gasteiger partial charge in [0.2, 0.25) is 0 Å². The zero-order chi connectivity index (χ0) is 36.6. The van der Waals surface area contributed by atoms with E-state index in [4.69, 9.17) is 18.4 Å². The van der Waals surface area contributed by atoms with Crippen molar-refractivity contribution in [2.75, 3.05) is 12.6 Å². The molecular formula is C41H52INO5Si2. The van der Waals surface area contributed by atoms with E-state index in [9.17, 15) is 4.79 Å². The monoisotopic (exact) mass is 821 g/mol. The lowest BCUT2D eigenvalue weighted by molar-refractivity contribution is 0.0600. The summed E-state index contributed by atoms with van der Waals surface area (Å²) in [5, 5.41) is 1.99. The van der Waals surface area contributed by atoms with E-state index in [0.29, 0.717) is 30.0 Å². The number of hydrogen-bond donors (Lipinski definition) is 1. The number of rotatable bonds is 14. The lowest BCUT2D eigenvalue weighted by atomic mass is 10.0. The molecule has 0 aliphatic heterocycles. The Morgan fingerprint density at radius 1 is 0.820 bits per heavy atom. The van der Waals surface area contributed by atoms with E-state index in [2.05, 4.69) is 137 Å². The van der Waals surface area contributed by atoms with E-state index in [1.807, 2.05) is 52.6 Å². The molecule has 0 radical (unpaired) electrons. The smallest absolute Gasteiger partial charge is 0.338 e. The van der Waals surface area contributed by atoms with Crippen LogP contribution in [0.15, 0.2) is 113 Å². The first-order valence-corrected chi connectivity index (χ1v) is 23.1. The van der Waals surface area contributed by atoms with Gasteiger partial charge >= 0.3 is 5.97 Å². The number of halogens is 1. The normalized spacial score (nSPS) is 13.2. The topological polar surface area (TPSA) is 66.0 Å². The van der Waals surface area contributed by atoms with Crippen molar-refractivity contribution in [1.29, 1.82) is 0 Å². The fourth-order valence-electron chi connectivity index (χ4n) is 5.81. The fraction of sp³-hybridized carbons (Fsp3) is 0.341. The number of anilines is 1. The first-order valence-electron chi connectivity index (χ1n) is 17.0. The highest BCUT2D eigenvalue weighted by Crippen LogP contribution is 2.41. The molecule has 1 atom stereocenters. The van der Waals surface area contributed by atoms with Gasteiger partial charge in [0.15, 0.2) is 8.32 Å². The average molecular weight is 822 g/mol. The third-order valence-electron chi connectivity index (χ3n) is 9.54. The Balaban J connectivity index is 1.91. The number of benzene rings is 4. The van der Waals surface area contributed by atoms with E-state index in [-0.39, 0.29) is 16.2 Å². The van der Waals surface area contributed by atoms with Crippen LogP contribution in [0.1, 0.15) is 63.0 Å². The van der Waals surface area contributed by atoms with Crippen LogP contribution in [0.25, 0.3) is 0 Å². The minimum absolute atomic E-state index is 0.0131. The van der Waals surface area contributed by atoms with Gasteiger partial charge in [-0.25, -0.2) is 4.79 Å². The summed E-state index contributed by atoms with van der Waals surface area (Å²) in [6, 6.07) is 34.5. The van der Waals surface area contributed by atoms with Gasteiger partial charge < -0.3 is 18.4 Å². The Kier molecular flexibility index (Phi) is 13.3. The van der Waals surface area contributed by atoms with Gasteiger partial charge in [0, 0.05) is 12.0 Å². The van der Waals surface area contributed by atoms with Crippen molar-refractivity contribution in [2.24, 2.45) is 0 Å². The summed E-state index contributed by atoms with van der Waals surface area (Å²) in [5.41, 5.74) is 6.32. The zero-order valence-electron chi connectivity index (χ0n) is 30.9. The summed E-state index contributed by atoms with van der Waals surface area (Å²) in [4.78, 5) is 13.2. The van der Waals surface area contributed by atoms with Gasteiger partial charge in [-0.15, -0.1) is 0 Å². The Hall–Kier alpha value is -3.23. The maximum Gasteiger partial charge on any atom is 0.338 e. The third-order valence-corrected chi connectivity index (χ3v) is 19.3. The van der Waals surface area contributed by atoms with E-state index in [0.717, 1.165) is 21.5 Å². The standard InChI is InChI=1S/C41H52INO5Si2/c1-40(2,3)49(8,9)47-33(25-26-42)29-36-37(27-32(39(44)45-7)28-38(36)46-30-31-19-13-10-14-20-31)43-48-50(41(4,5)6,34-21-15-11-16-22-34)35-23-17-12-18-24-35/h10-28,33,43H,29-30H2,1-9H3/b26-25-/t33-/m0/s1. The predicted octanol–water partition coefficient (Wildman–Crippen LogP) is 9.84. The zero-order valence-corrected chi connectivity index (χ0v) is 35.0. The van der Waals surface area contributed by atoms with Crippen molar-refractivity contribution in [3.05, 3.63) is 130 Å². The highest BCUT2D eigenvalue weighted by molar-refractivity contribution is 14.1. The predicted molar refractivity (Wildman–Crippen MR) is 220 cm³/mol. The van der Waals surface area contributed by atoms with Gasteiger partial charge in [-0.05, 0) is 55.3 Å². The van der Waals surface area contributed by atoms with Gasteiger partial charge in [0.1, 0.15) is 12.4 Å². The maximum atomic E-state index is 13.2. The Morgan fingerprint density at radius 3 is 1.84 bits per heavy atom. The molecule has 4 aromatic carbocycles. The van der Waals surface area contributed by atoms with Crippen LogP contribution in [0.4, 0.5) is 5.69 Å². The third kappa shape index (κ3) is 9.35. The molecule has 0 heterocycles. The molecule has 0 aliphatic carbocycles. The minimum atomic E-state index is -3.02. The summed E-state index contributed by atoms with van der Waals surface area (Å²) in [7, 11) is -3.81. The number of hydrogen-bond acceptors (Lipinski definition) is 6. The van der Waals surface area contributed by atoms with Crippen LogP contribution in [0.5, 0.6) is 5.75 Å². The molecule has 1 N–H and O–H groups in total. The lowest BCUT2D eigenvalue weighted by Crippen LogP contribution is -2.67. The van der Waals surface area contributed by atoms with Crippen LogP contribution in [0, 0.1) is 0 Å². The maximum absolute atomic E-state index is 13.2. The summed E-state index contributed by atoms with van der Waals surface area (Å²) in [6.07, 6.45) is 2.34. The summed E-state index contributed by atoms with van der Waals surface area (Å²) in [6.45, 7) is 18.3. The number of ether oxygens (including phenoxy) is 2. The van der Waals surface area contributed by atoms with Gasteiger partial charge in [0.05, 0.1) is 24.5 Å². The van der Waals surface area contributed by atoms with Crippen LogP contribution in [-0.4, -0.2) is 35.8 Å². The number of methoxy groups -OCH3 is 1. The van der Waals surface area contributed by atoms with Crippen molar-refractivity contribution in [3.63, 3.8) is 0 Å². The molecule has 0 bridgehead atoms. The molecule has 4 aromatic rings. The van der Waals surface area contributed by atoms with E-state index >= 15 is 0 Å². The van der Waals surface area contributed by atoms with Gasteiger partial charge in [-0.2, -0.15) is 0 Å². The van der Waals surface area contributed by atoms with E-state index < -0.39 is 22.6 Å². The molecule has 4 rings (SSSR count). The number of carbonyl (C=O) groups is 1. The highest BCUT2D eigenvalue weighted by atomic mass is 127. The minimum Gasteiger partial charge on any atom is -0.489 e. The van der Waals surface area contributed by atoms with E-state index in [1.165, 1.54) is 7.11 Å². The van der Waals surface area contributed by atoms with Crippen LogP contribution >= 0.6 is 22.6 Å². The molecule has 0 aromatic heterocycles. The molecule has 9 heteroatoms. The molecule has 0 spiro atoms. The molecule has 6 nitrogen and oxygen atoms in total. The van der Waals surface area contributed by atoms with Crippen LogP contribution in [-0.2, 0) is 26.7 Å². The first-order chi connectivity index (χ1) is 23.6. The Bertz CT molecular complexity index is 1680. The van der Waals surface area contributed by atoms with Crippen molar-refractivity contribution in [2.45, 2.75) is 83.8 Å². The molecule has 0 unspecified atom stereocenters. The SMILES string of the molecule is COC(=O)c1cc(NO[Si](c2ccccc2)(c2ccccc2)C(C)(C)C)c(C[C@H](/C=C\I)O[Si](C)(C)C(C)(C)C)c(OCc2ccccc2)c1. The van der Waals surface area contributed by atoms with Crippen molar-refractivity contribution < 1.29 is 23.2 Å². The Labute approximate surface area is 315 Å². The van der Waals surface area contributed by atoms with Crippen molar-refractivity contribution in [3.8, 4) is 5.75 Å². The molecule has 0 saturated carbocycles. The largest absolute Gasteiger partial charge is 0.489 e. The molecule has 266 valence electrons. The van der Waals surface area contributed by atoms with Crippen molar-refractivity contribution >= 4 is 61.3 Å². The molecule has 0 aliphatic rings. The quantitative estimate of drug-likeness (QED) is 0.0592. The average Bonchev–Trinajstić information content (AvgIpc) is 3.08. The second-order valence-corrected chi connectivity index (χ2v) is 24.8. The molecule has 0 fully saturated rings. The first kappa shape index (κ1) is 39.6. The highest BCUT2D eigenvalue weighted by Gasteiger charge is 2.51. The van der Waals surface area contributed by atoms with Crippen LogP contribution in [0.3, 0.4) is 0 Å². The van der Waals surface area contributed by atoms with Gasteiger partial charge in [-0.3, -0.25) is 5.48 Å². The van der Waals surface area contributed by atoms with Gasteiger partial charge in [0.25, 0.3) is 8.32 Å². The molecule has 0 amide bonds. The molecular weight excluding hydrogens is 770 g/mol. The second kappa shape index (κ2) is 16.9. The number of esters is 1. The van der Waals surface area contributed by atoms with Crippen LogP contribution < -0.4 is 20.6 Å². The summed E-state index contributed by atoms with van der Waals surface area (Å²) in [5.74, 6) is 0.104. The number of nitrogens with one attached hydrogen (secondary N) is 1. The Morgan fingerprint density at radius 2 is 1.36 bits per heavy atom. The van der Waals surface area contributed by atoms with E-state index in [1.54, 1.807) is 6.07 Å². The molecule has 0 saturated heterocycles. The van der Waals surface area contributed by atoms with Crippen LogP contribution in [0.2, 0.25) is 23.2 Å². The number of carbonyl (C=O) groups excluding carboxylic acids is 1. The summed E-state index contributed by atoms with van der Waals surface area (Å²) < 4.78 is 28.0. The molecule has 50 heavy (non-hydrogen) atoms.